The van der Waals surface area contributed by atoms with Crippen molar-refractivity contribution in [3.63, 3.8) is 0 Å². The van der Waals surface area contributed by atoms with Gasteiger partial charge >= 0.3 is 0 Å². The van der Waals surface area contributed by atoms with Crippen molar-refractivity contribution in [1.29, 1.82) is 0 Å². The topological polar surface area (TPSA) is 129 Å². The zero-order chi connectivity index (χ0) is 80.7. The highest BCUT2D eigenvalue weighted by molar-refractivity contribution is 7.80. The van der Waals surface area contributed by atoms with Gasteiger partial charge in [-0.2, -0.15) is 0 Å². The highest BCUT2D eigenvalue weighted by Crippen LogP contribution is 2.36. The zero-order valence-corrected chi connectivity index (χ0v) is 66.7. The van der Waals surface area contributed by atoms with Crippen LogP contribution >= 0.6 is 12.6 Å². The summed E-state index contributed by atoms with van der Waals surface area (Å²) in [7, 11) is 0. The third kappa shape index (κ3) is 25.9. The van der Waals surface area contributed by atoms with E-state index in [9.17, 15) is 0 Å². The normalized spacial score (nSPS) is 10.9. The van der Waals surface area contributed by atoms with E-state index in [1.807, 2.05) is 370 Å². The monoisotopic (exact) mass is 1590 g/mol. The van der Waals surface area contributed by atoms with E-state index < -0.39 is 0 Å². The average molecular weight is 1600 g/mol. The van der Waals surface area contributed by atoms with Crippen molar-refractivity contribution in [2.24, 2.45) is 0 Å². The third-order valence-corrected chi connectivity index (χ3v) is 19.2. The first kappa shape index (κ1) is 80.1. The van der Waals surface area contributed by atoms with Gasteiger partial charge in [0.2, 0.25) is 0 Å². The molecular formula is C104H90O14S. The fraction of sp³-hybridized carbons (Fsp3) is 0.135. The summed E-state index contributed by atoms with van der Waals surface area (Å²) in [6, 6.07) is 121. The van der Waals surface area contributed by atoms with Gasteiger partial charge in [0.25, 0.3) is 0 Å². The number of rotatable bonds is 42. The Hall–Kier alpha value is -14.2. The molecule has 15 aromatic carbocycles. The number of benzene rings is 15. The highest BCUT2D eigenvalue weighted by atomic mass is 32.1. The lowest BCUT2D eigenvalue weighted by Crippen LogP contribution is -2.04. The summed E-state index contributed by atoms with van der Waals surface area (Å²) in [5, 5.41) is 0. The van der Waals surface area contributed by atoms with E-state index in [0.717, 1.165) is 77.9 Å². The Balaban J connectivity index is 0.691. The Labute approximate surface area is 700 Å². The van der Waals surface area contributed by atoms with Crippen LogP contribution in [0.15, 0.2) is 375 Å². The molecule has 0 aliphatic heterocycles. The van der Waals surface area contributed by atoms with Crippen LogP contribution in [-0.2, 0) is 92.5 Å². The second-order valence-corrected chi connectivity index (χ2v) is 29.0. The SMILES string of the molecule is Sc1cc(OCc2cc(OCc3cc(OCc4ccccc4)cc(OCc4ccccc4)c3)cc(OCc3cc(OCc4ccccc4)cc(OCc4ccccc4)c3)c2)cc(OCc2cc(OCc3cc(OCc4ccccc4)cc(OCc4ccccc4)c3)cc(OCc3cc(OCc4ccccc4)cc(OCc4ccccc4)c3)c2)c1. The molecule has 0 bridgehead atoms. The van der Waals surface area contributed by atoms with Gasteiger partial charge in [-0.15, -0.1) is 12.6 Å². The molecule has 596 valence electrons. The molecule has 0 aromatic heterocycles. The number of ether oxygens (including phenoxy) is 14. The molecule has 14 nitrogen and oxygen atoms in total. The molecule has 0 radical (unpaired) electrons. The van der Waals surface area contributed by atoms with E-state index in [2.05, 4.69) is 0 Å². The third-order valence-electron chi connectivity index (χ3n) is 18.9. The van der Waals surface area contributed by atoms with E-state index in [-0.39, 0.29) is 39.6 Å². The molecule has 15 rings (SSSR count). The Bertz CT molecular complexity index is 4750. The van der Waals surface area contributed by atoms with Crippen LogP contribution in [0.4, 0.5) is 0 Å². The van der Waals surface area contributed by atoms with Gasteiger partial charge in [-0.05, 0) is 163 Å². The van der Waals surface area contributed by atoms with E-state index in [1.165, 1.54) is 0 Å². The van der Waals surface area contributed by atoms with Crippen molar-refractivity contribution in [1.82, 2.24) is 0 Å². The summed E-state index contributed by atoms with van der Waals surface area (Å²) in [6.07, 6.45) is 0. The average Bonchev–Trinajstić information content (AvgIpc) is 0.812. The summed E-state index contributed by atoms with van der Waals surface area (Å²) in [4.78, 5) is 0.619. The van der Waals surface area contributed by atoms with Crippen molar-refractivity contribution in [2.75, 3.05) is 0 Å². The van der Waals surface area contributed by atoms with Crippen molar-refractivity contribution in [3.8, 4) is 80.5 Å². The van der Waals surface area contributed by atoms with Crippen molar-refractivity contribution < 1.29 is 66.3 Å². The maximum Gasteiger partial charge on any atom is 0.124 e. The Kier molecular flexibility index (Phi) is 28.2. The van der Waals surface area contributed by atoms with Gasteiger partial charge in [0.05, 0.1) is 0 Å². The fourth-order valence-corrected chi connectivity index (χ4v) is 13.2. The van der Waals surface area contributed by atoms with E-state index in [4.69, 9.17) is 78.9 Å². The molecule has 0 fully saturated rings. The number of thiol groups is 1. The molecule has 15 heteroatoms. The molecule has 0 aliphatic rings. The molecule has 15 aromatic rings. The first-order valence-electron chi connectivity index (χ1n) is 39.5. The molecule has 0 N–H and O–H groups in total. The Morgan fingerprint density at radius 3 is 0.336 bits per heavy atom. The largest absolute Gasteiger partial charge is 0.489 e. The summed E-state index contributed by atoms with van der Waals surface area (Å²) >= 11 is 4.90. The van der Waals surface area contributed by atoms with Gasteiger partial charge in [-0.1, -0.05) is 243 Å². The van der Waals surface area contributed by atoms with Crippen molar-refractivity contribution in [2.45, 2.75) is 97.4 Å². The van der Waals surface area contributed by atoms with Gasteiger partial charge in [0.1, 0.15) is 173 Å². The van der Waals surface area contributed by atoms with E-state index in [1.54, 1.807) is 0 Å². The molecule has 0 heterocycles. The van der Waals surface area contributed by atoms with E-state index >= 15 is 0 Å². The van der Waals surface area contributed by atoms with Gasteiger partial charge in [-0.25, -0.2) is 0 Å². The highest BCUT2D eigenvalue weighted by Gasteiger charge is 2.17. The quantitative estimate of drug-likeness (QED) is 0.0364. The van der Waals surface area contributed by atoms with Crippen LogP contribution in [0.5, 0.6) is 80.5 Å². The fourth-order valence-electron chi connectivity index (χ4n) is 12.9. The summed E-state index contributed by atoms with van der Waals surface area (Å²) in [6.45, 7) is 3.83. The molecule has 0 unspecified atom stereocenters. The summed E-state index contributed by atoms with van der Waals surface area (Å²) < 4.78 is 91.7. The first-order valence-corrected chi connectivity index (χ1v) is 39.9. The first-order chi connectivity index (χ1) is 58.7. The predicted molar refractivity (Wildman–Crippen MR) is 465 cm³/mol. The Morgan fingerprint density at radius 2 is 0.218 bits per heavy atom. The lowest BCUT2D eigenvalue weighted by molar-refractivity contribution is 0.270. The van der Waals surface area contributed by atoms with Crippen molar-refractivity contribution in [3.05, 3.63) is 448 Å². The molecule has 0 amide bonds. The van der Waals surface area contributed by atoms with Crippen LogP contribution in [0.3, 0.4) is 0 Å². The molecule has 0 saturated carbocycles. The molecule has 0 atom stereocenters. The standard InChI is InChI=1S/C104H90O14S/c119-104-60-102(117-74-88-49-98(113-70-84-41-90(105-62-76-25-9-1-10-26-76)53-91(42-84)106-63-77-27-11-2-12-28-77)57-99(50-88)114-71-85-43-92(107-64-78-29-13-3-14-30-78)54-93(44-85)108-65-79-31-15-4-16-32-79)59-103(61-104)118-75-89-51-100(115-72-86-45-94(109-66-80-33-17-5-18-34-80)55-95(46-86)110-67-81-35-19-6-20-36-81)58-101(52-89)116-73-87-47-96(111-68-82-37-21-7-22-38-82)56-97(48-87)112-69-83-39-23-8-24-40-83/h1-61,119H,62-75H2. The maximum absolute atomic E-state index is 6.76. The van der Waals surface area contributed by atoms with Crippen molar-refractivity contribution >= 4 is 12.6 Å². The minimum atomic E-state index is 0.107. The minimum Gasteiger partial charge on any atom is -0.489 e. The maximum atomic E-state index is 6.76. The lowest BCUT2D eigenvalue weighted by Gasteiger charge is -2.17. The smallest absolute Gasteiger partial charge is 0.124 e. The number of hydrogen-bond donors (Lipinski definition) is 1. The van der Waals surface area contributed by atoms with Crippen LogP contribution in [0.1, 0.15) is 77.9 Å². The van der Waals surface area contributed by atoms with E-state index in [0.29, 0.717) is 138 Å². The molecular weight excluding hydrogens is 1510 g/mol. The van der Waals surface area contributed by atoms with Crippen LogP contribution in [0.2, 0.25) is 0 Å². The minimum absolute atomic E-state index is 0.107. The van der Waals surface area contributed by atoms with Crippen LogP contribution in [0, 0.1) is 0 Å². The number of hydrogen-bond acceptors (Lipinski definition) is 15. The molecule has 119 heavy (non-hydrogen) atoms. The molecule has 0 saturated heterocycles. The summed E-state index contributed by atoms with van der Waals surface area (Å²) in [5.41, 5.74) is 13.1. The predicted octanol–water partition coefficient (Wildman–Crippen LogP) is 24.1. The molecule has 0 spiro atoms. The van der Waals surface area contributed by atoms with Gasteiger partial charge in [-0.3, -0.25) is 0 Å². The van der Waals surface area contributed by atoms with Crippen LogP contribution in [0.25, 0.3) is 0 Å². The van der Waals surface area contributed by atoms with Gasteiger partial charge in [0, 0.05) is 47.4 Å². The van der Waals surface area contributed by atoms with Gasteiger partial charge < -0.3 is 66.3 Å². The Morgan fingerprint density at radius 1 is 0.118 bits per heavy atom. The van der Waals surface area contributed by atoms with Crippen LogP contribution < -0.4 is 66.3 Å². The van der Waals surface area contributed by atoms with Crippen LogP contribution in [-0.4, -0.2) is 0 Å². The van der Waals surface area contributed by atoms with Gasteiger partial charge in [0.15, 0.2) is 0 Å². The second-order valence-electron chi connectivity index (χ2n) is 28.5. The summed E-state index contributed by atoms with van der Waals surface area (Å²) in [5.74, 6) is 8.29. The molecule has 0 aliphatic carbocycles. The second kappa shape index (κ2) is 41.9. The zero-order valence-electron chi connectivity index (χ0n) is 65.8. The lowest BCUT2D eigenvalue weighted by atomic mass is 10.2.